The molecule has 4 rings (SSSR count). The van der Waals surface area contributed by atoms with Crippen LogP contribution >= 0.6 is 0 Å². The zero-order chi connectivity index (χ0) is 25.4. The Bertz CT molecular complexity index is 1180. The number of halogens is 6. The highest BCUT2D eigenvalue weighted by atomic mass is 19.4. The minimum absolute atomic E-state index is 0.136. The maximum Gasteiger partial charge on any atom is 0.416 e. The Hall–Kier alpha value is -3.20. The molecule has 0 spiro atoms. The largest absolute Gasteiger partial charge is 0.416 e. The fourth-order valence-corrected chi connectivity index (χ4v) is 4.41. The molecule has 0 aromatic heterocycles. The fraction of sp³-hybridized carbons (Fsp3) is 0.308. The van der Waals surface area contributed by atoms with Crippen molar-refractivity contribution in [3.8, 4) is 0 Å². The van der Waals surface area contributed by atoms with Gasteiger partial charge in [-0.1, -0.05) is 48.5 Å². The summed E-state index contributed by atoms with van der Waals surface area (Å²) in [5.41, 5.74) is 2.42. The molecule has 0 saturated carbocycles. The van der Waals surface area contributed by atoms with Crippen molar-refractivity contribution < 1.29 is 31.4 Å². The lowest BCUT2D eigenvalue weighted by Crippen LogP contribution is -2.49. The predicted molar refractivity (Wildman–Crippen MR) is 122 cm³/mol. The Morgan fingerprint density at radius 3 is 2.20 bits per heavy atom. The predicted octanol–water partition coefficient (Wildman–Crippen LogP) is 6.50. The van der Waals surface area contributed by atoms with Crippen LogP contribution in [0.5, 0.6) is 0 Å². The zero-order valence-electron chi connectivity index (χ0n) is 18.8. The number of anilines is 2. The first-order chi connectivity index (χ1) is 16.4. The van der Waals surface area contributed by atoms with Crippen molar-refractivity contribution in [2.24, 2.45) is 0 Å². The van der Waals surface area contributed by atoms with Crippen molar-refractivity contribution in [1.29, 1.82) is 0 Å². The molecule has 1 aliphatic rings. The van der Waals surface area contributed by atoms with Crippen LogP contribution in [0.25, 0.3) is 0 Å². The maximum absolute atomic E-state index is 13.4. The fourth-order valence-electron chi connectivity index (χ4n) is 4.41. The summed E-state index contributed by atoms with van der Waals surface area (Å²) >= 11 is 0. The van der Waals surface area contributed by atoms with Gasteiger partial charge in [-0.25, -0.2) is 0 Å². The molecule has 2 atom stereocenters. The molecular weight excluding hydrogens is 470 g/mol. The van der Waals surface area contributed by atoms with Gasteiger partial charge in [0.15, 0.2) is 6.10 Å². The Labute approximate surface area is 199 Å². The monoisotopic (exact) mass is 494 g/mol. The number of aliphatic hydroxyl groups is 1. The summed E-state index contributed by atoms with van der Waals surface area (Å²) in [6.45, 7) is 1.70. The van der Waals surface area contributed by atoms with E-state index in [-0.39, 0.29) is 12.1 Å². The molecule has 1 heterocycles. The van der Waals surface area contributed by atoms with Gasteiger partial charge in [0, 0.05) is 13.1 Å². The van der Waals surface area contributed by atoms with Crippen molar-refractivity contribution >= 4 is 11.4 Å². The number of nitrogens with zero attached hydrogens (tertiary/aromatic N) is 2. The molecule has 186 valence electrons. The first-order valence-electron chi connectivity index (χ1n) is 11.0. The molecular formula is C26H24F6N2O. The highest BCUT2D eigenvalue weighted by molar-refractivity contribution is 5.75. The molecule has 3 aromatic carbocycles. The number of rotatable bonds is 5. The summed E-state index contributed by atoms with van der Waals surface area (Å²) < 4.78 is 80.2. The number of benzene rings is 3. The van der Waals surface area contributed by atoms with Gasteiger partial charge in [-0.15, -0.1) is 0 Å². The number of hydrogen-bond acceptors (Lipinski definition) is 3. The Morgan fingerprint density at radius 2 is 1.54 bits per heavy atom. The van der Waals surface area contributed by atoms with Crippen LogP contribution in [0, 0.1) is 6.92 Å². The number of aliphatic hydroxyl groups excluding tert-OH is 1. The van der Waals surface area contributed by atoms with E-state index in [9.17, 15) is 31.4 Å². The van der Waals surface area contributed by atoms with Crippen molar-refractivity contribution in [3.05, 3.63) is 95.1 Å². The molecule has 3 aromatic rings. The quantitative estimate of drug-likeness (QED) is 0.410. The lowest BCUT2D eigenvalue weighted by atomic mass is 9.96. The van der Waals surface area contributed by atoms with Crippen molar-refractivity contribution in [3.63, 3.8) is 0 Å². The number of β-amino-alcohol motifs (C(OH)–C–C–N with tert-alkyl or cyclic N) is 1. The molecule has 0 saturated heterocycles. The maximum atomic E-state index is 13.4. The summed E-state index contributed by atoms with van der Waals surface area (Å²) in [5.74, 6) is 0. The molecule has 0 aliphatic carbocycles. The Morgan fingerprint density at radius 1 is 0.886 bits per heavy atom. The second-order valence-corrected chi connectivity index (χ2v) is 8.64. The van der Waals surface area contributed by atoms with Crippen molar-refractivity contribution in [2.75, 3.05) is 22.9 Å². The van der Waals surface area contributed by atoms with Gasteiger partial charge in [-0.3, -0.25) is 0 Å². The molecule has 1 aliphatic heterocycles. The molecule has 0 amide bonds. The van der Waals surface area contributed by atoms with Crippen LogP contribution in [0.2, 0.25) is 0 Å². The van der Waals surface area contributed by atoms with Crippen LogP contribution in [-0.4, -0.2) is 30.5 Å². The van der Waals surface area contributed by atoms with E-state index in [1.165, 1.54) is 17.0 Å². The number of hydrogen-bond donors (Lipinski definition) is 1. The number of aryl methyl sites for hydroxylation is 1. The molecule has 1 N–H and O–H groups in total. The van der Waals surface area contributed by atoms with Crippen LogP contribution in [-0.2, 0) is 12.7 Å². The molecule has 9 heteroatoms. The first kappa shape index (κ1) is 24.9. The number of fused-ring (bicyclic) bond motifs is 1. The van der Waals surface area contributed by atoms with E-state index in [1.54, 1.807) is 24.3 Å². The van der Waals surface area contributed by atoms with Gasteiger partial charge >= 0.3 is 12.4 Å². The third-order valence-corrected chi connectivity index (χ3v) is 6.27. The summed E-state index contributed by atoms with van der Waals surface area (Å²) in [5, 5.41) is 9.89. The highest BCUT2D eigenvalue weighted by Gasteiger charge is 2.42. The minimum atomic E-state index is -4.87. The van der Waals surface area contributed by atoms with Gasteiger partial charge in [-0.05, 0) is 47.9 Å². The van der Waals surface area contributed by atoms with Crippen LogP contribution < -0.4 is 9.80 Å². The number of para-hydroxylation sites is 2. The standard InChI is InChI=1S/C26H24F6N2O/c1-17-7-2-3-8-19(17)14-33-15-23(18-9-6-10-20(13-18)25(27,28)29)34(16-24(35)26(30,31)32)22-12-5-4-11-21(22)33/h2-13,23-24,35H,14-16H2,1H3. The number of alkyl halides is 6. The minimum Gasteiger partial charge on any atom is -0.382 e. The first-order valence-corrected chi connectivity index (χ1v) is 11.0. The topological polar surface area (TPSA) is 26.7 Å². The van der Waals surface area contributed by atoms with E-state index in [0.717, 1.165) is 23.3 Å². The highest BCUT2D eigenvalue weighted by Crippen LogP contribution is 2.43. The summed E-state index contributed by atoms with van der Waals surface area (Å²) in [6.07, 6.45) is -12.1. The van der Waals surface area contributed by atoms with Crippen molar-refractivity contribution in [2.45, 2.75) is 38.0 Å². The Balaban J connectivity index is 1.81. The van der Waals surface area contributed by atoms with E-state index in [2.05, 4.69) is 0 Å². The average molecular weight is 494 g/mol. The van der Waals surface area contributed by atoms with E-state index in [0.29, 0.717) is 17.9 Å². The van der Waals surface area contributed by atoms with Gasteiger partial charge in [0.05, 0.1) is 29.5 Å². The van der Waals surface area contributed by atoms with Gasteiger partial charge in [0.2, 0.25) is 0 Å². The molecule has 3 nitrogen and oxygen atoms in total. The third-order valence-electron chi connectivity index (χ3n) is 6.27. The van der Waals surface area contributed by atoms with Crippen molar-refractivity contribution in [1.82, 2.24) is 0 Å². The van der Waals surface area contributed by atoms with E-state index >= 15 is 0 Å². The van der Waals surface area contributed by atoms with Gasteiger partial charge in [0.1, 0.15) is 0 Å². The normalized spacial score (nSPS) is 17.3. The van der Waals surface area contributed by atoms with E-state index in [1.807, 2.05) is 36.1 Å². The van der Waals surface area contributed by atoms with Crippen LogP contribution in [0.3, 0.4) is 0 Å². The Kier molecular flexibility index (Phi) is 6.73. The summed E-state index contributed by atoms with van der Waals surface area (Å²) in [7, 11) is 0. The molecule has 0 fully saturated rings. The molecule has 2 unspecified atom stereocenters. The second kappa shape index (κ2) is 9.45. The van der Waals surface area contributed by atoms with Crippen LogP contribution in [0.1, 0.15) is 28.3 Å². The smallest absolute Gasteiger partial charge is 0.382 e. The molecule has 0 radical (unpaired) electrons. The SMILES string of the molecule is Cc1ccccc1CN1CC(c2cccc(C(F)(F)F)c2)N(CC(O)C(F)(F)F)c2ccccc21. The van der Waals surface area contributed by atoms with Crippen LogP contribution in [0.15, 0.2) is 72.8 Å². The van der Waals surface area contributed by atoms with Gasteiger partial charge < -0.3 is 14.9 Å². The summed E-state index contributed by atoms with van der Waals surface area (Å²) in [6, 6.07) is 18.3. The van der Waals surface area contributed by atoms with E-state index < -0.39 is 36.6 Å². The molecule has 35 heavy (non-hydrogen) atoms. The lowest BCUT2D eigenvalue weighted by Gasteiger charge is -2.46. The summed E-state index contributed by atoms with van der Waals surface area (Å²) in [4.78, 5) is 3.32. The lowest BCUT2D eigenvalue weighted by molar-refractivity contribution is -0.200. The van der Waals surface area contributed by atoms with E-state index in [4.69, 9.17) is 0 Å². The zero-order valence-corrected chi connectivity index (χ0v) is 18.8. The van der Waals surface area contributed by atoms with Crippen LogP contribution in [0.4, 0.5) is 37.7 Å². The second-order valence-electron chi connectivity index (χ2n) is 8.64. The van der Waals surface area contributed by atoms with Gasteiger partial charge in [-0.2, -0.15) is 26.3 Å². The van der Waals surface area contributed by atoms with Gasteiger partial charge in [0.25, 0.3) is 0 Å². The molecule has 0 bridgehead atoms. The average Bonchev–Trinajstić information content (AvgIpc) is 2.80. The third kappa shape index (κ3) is 5.40.